The molecule has 5 atom stereocenters. The molecule has 3 fully saturated rings. The lowest BCUT2D eigenvalue weighted by Gasteiger charge is -2.50. The molecule has 0 N–H and O–H groups in total. The Balaban J connectivity index is 1.86. The maximum Gasteiger partial charge on any atom is 0.191 e. The summed E-state index contributed by atoms with van der Waals surface area (Å²) in [6, 6.07) is 2.01. The highest BCUT2D eigenvalue weighted by Gasteiger charge is 2.69. The van der Waals surface area contributed by atoms with Crippen LogP contribution in [0.1, 0.15) is 38.5 Å². The van der Waals surface area contributed by atoms with Crippen LogP contribution in [0.2, 0.25) is 38.3 Å². The maximum atomic E-state index is 7.13. The summed E-state index contributed by atoms with van der Waals surface area (Å²) in [4.78, 5) is 0. The average molecular weight is 435 g/mol. The molecule has 1 heterocycles. The average Bonchev–Trinajstić information content (AvgIpc) is 3.04. The van der Waals surface area contributed by atoms with E-state index in [0.717, 1.165) is 57.2 Å². The number of allylic oxidation sites excluding steroid dienone is 3. The molecule has 1 aliphatic heterocycles. The Hall–Kier alpha value is -0.466. The van der Waals surface area contributed by atoms with Crippen molar-refractivity contribution < 1.29 is 13.6 Å². The summed E-state index contributed by atoms with van der Waals surface area (Å²) in [6.45, 7) is 22.1. The molecule has 164 valence electrons. The zero-order valence-electron chi connectivity index (χ0n) is 19.2. The third-order valence-corrected chi connectivity index (χ3v) is 11.9. The van der Waals surface area contributed by atoms with Gasteiger partial charge < -0.3 is 13.6 Å². The molecule has 2 aliphatic carbocycles. The van der Waals surface area contributed by atoms with Gasteiger partial charge in [-0.15, -0.1) is 19.7 Å². The van der Waals surface area contributed by atoms with Crippen LogP contribution in [0.4, 0.5) is 0 Å². The summed E-state index contributed by atoms with van der Waals surface area (Å²) in [7, 11) is -3.52. The van der Waals surface area contributed by atoms with Gasteiger partial charge in [0.05, 0.1) is 17.8 Å². The van der Waals surface area contributed by atoms with Crippen molar-refractivity contribution in [1.29, 1.82) is 0 Å². The van der Waals surface area contributed by atoms with Gasteiger partial charge in [0.15, 0.2) is 16.6 Å². The Morgan fingerprint density at radius 3 is 2.34 bits per heavy atom. The van der Waals surface area contributed by atoms with E-state index < -0.39 is 16.6 Å². The first-order chi connectivity index (χ1) is 13.6. The summed E-state index contributed by atoms with van der Waals surface area (Å²) >= 11 is 0. The monoisotopic (exact) mass is 434 g/mol. The molecule has 1 spiro atoms. The Kier molecular flexibility index (Phi) is 6.86. The predicted molar refractivity (Wildman–Crippen MR) is 127 cm³/mol. The first-order valence-corrected chi connectivity index (χ1v) is 17.7. The van der Waals surface area contributed by atoms with E-state index in [1.165, 1.54) is 0 Å². The lowest BCUT2D eigenvalue weighted by atomic mass is 9.69. The molecule has 0 radical (unpaired) electrons. The highest BCUT2D eigenvalue weighted by Crippen LogP contribution is 2.63. The Morgan fingerprint density at radius 1 is 1.00 bits per heavy atom. The molecule has 0 bridgehead atoms. The topological polar surface area (TPSA) is 27.7 Å². The standard InChI is InChI=1S/C24H42O3Si2/c1-8-11-20-19-23(27-29(6,7)17-10-3)14-15-25-24(23)13-12-21(18-22(20)24)26-28(4,5)16-9-2/h8-10,20-22H,1-3,11-19H2,4-7H3/t20-,21+,22+,23-,24-/m1/s1. The van der Waals surface area contributed by atoms with Crippen LogP contribution in [0, 0.1) is 11.8 Å². The van der Waals surface area contributed by atoms with Crippen LogP contribution in [0.5, 0.6) is 0 Å². The van der Waals surface area contributed by atoms with Crippen LogP contribution in [0.3, 0.4) is 0 Å². The van der Waals surface area contributed by atoms with E-state index in [4.69, 9.17) is 13.6 Å². The predicted octanol–water partition coefficient (Wildman–Crippen LogP) is 6.46. The largest absolute Gasteiger partial charge is 0.414 e. The minimum absolute atomic E-state index is 0.122. The second-order valence-electron chi connectivity index (χ2n) is 10.7. The van der Waals surface area contributed by atoms with Gasteiger partial charge in [0.2, 0.25) is 0 Å². The fourth-order valence-corrected chi connectivity index (χ4v) is 10.7. The van der Waals surface area contributed by atoms with E-state index in [1.807, 2.05) is 12.2 Å². The number of hydrogen-bond acceptors (Lipinski definition) is 3. The first kappa shape index (κ1) is 23.2. The second kappa shape index (κ2) is 8.58. The third-order valence-electron chi connectivity index (χ3n) is 7.45. The van der Waals surface area contributed by atoms with Crippen molar-refractivity contribution in [3.8, 4) is 0 Å². The molecule has 3 nitrogen and oxygen atoms in total. The first-order valence-electron chi connectivity index (χ1n) is 11.5. The van der Waals surface area contributed by atoms with Crippen LogP contribution in [-0.2, 0) is 13.6 Å². The summed E-state index contributed by atoms with van der Waals surface area (Å²) in [6.07, 6.45) is 12.9. The molecule has 2 saturated carbocycles. The van der Waals surface area contributed by atoms with Crippen molar-refractivity contribution in [3.63, 3.8) is 0 Å². The fourth-order valence-electron chi connectivity index (χ4n) is 6.56. The quantitative estimate of drug-likeness (QED) is 0.291. The van der Waals surface area contributed by atoms with E-state index in [0.29, 0.717) is 17.9 Å². The fraction of sp³-hybridized carbons (Fsp3) is 0.750. The van der Waals surface area contributed by atoms with Crippen LogP contribution < -0.4 is 0 Å². The van der Waals surface area contributed by atoms with Crippen molar-refractivity contribution in [1.82, 2.24) is 0 Å². The SMILES string of the molecule is C=CC[C@@H]1C[C@]2(O[Si](C)(C)CC=C)CCO[C@@]23CC[C@H](O[Si](C)(C)CC=C)C[C@@H]13. The van der Waals surface area contributed by atoms with E-state index in [9.17, 15) is 0 Å². The number of hydrogen-bond donors (Lipinski definition) is 0. The van der Waals surface area contributed by atoms with Gasteiger partial charge in [-0.25, -0.2) is 0 Å². The molecule has 29 heavy (non-hydrogen) atoms. The smallest absolute Gasteiger partial charge is 0.191 e. The molecule has 1 saturated heterocycles. The van der Waals surface area contributed by atoms with Gasteiger partial charge in [-0.1, -0.05) is 18.2 Å². The van der Waals surface area contributed by atoms with Crippen LogP contribution in [0.25, 0.3) is 0 Å². The normalized spacial score (nSPS) is 37.0. The van der Waals surface area contributed by atoms with Crippen molar-refractivity contribution in [3.05, 3.63) is 38.0 Å². The molecule has 5 heteroatoms. The summed E-state index contributed by atoms with van der Waals surface area (Å²) < 4.78 is 20.5. The van der Waals surface area contributed by atoms with E-state index >= 15 is 0 Å². The second-order valence-corrected chi connectivity index (χ2v) is 19.0. The molecule has 3 aliphatic rings. The van der Waals surface area contributed by atoms with Gasteiger partial charge in [0.25, 0.3) is 0 Å². The van der Waals surface area contributed by atoms with E-state index in [2.05, 4.69) is 52.0 Å². The van der Waals surface area contributed by atoms with Gasteiger partial charge in [0.1, 0.15) is 0 Å². The minimum Gasteiger partial charge on any atom is -0.414 e. The number of ether oxygens (including phenoxy) is 1. The molecular weight excluding hydrogens is 392 g/mol. The molecular formula is C24H42O3Si2. The highest BCUT2D eigenvalue weighted by atomic mass is 28.4. The summed E-state index contributed by atoms with van der Waals surface area (Å²) in [5.41, 5.74) is -0.251. The van der Waals surface area contributed by atoms with Gasteiger partial charge in [-0.2, -0.15) is 0 Å². The van der Waals surface area contributed by atoms with Crippen molar-refractivity contribution in [2.45, 2.75) is 94.1 Å². The molecule has 0 aromatic carbocycles. The summed E-state index contributed by atoms with van der Waals surface area (Å²) in [5.74, 6) is 1.08. The van der Waals surface area contributed by atoms with Gasteiger partial charge in [0, 0.05) is 12.5 Å². The Labute approximate surface area is 180 Å². The molecule has 0 amide bonds. The maximum absolute atomic E-state index is 7.13. The zero-order chi connectivity index (χ0) is 21.3. The van der Waals surface area contributed by atoms with Crippen LogP contribution in [-0.4, -0.2) is 40.5 Å². The minimum atomic E-state index is -1.82. The van der Waals surface area contributed by atoms with Gasteiger partial charge in [-0.05, 0) is 82.2 Å². The molecule has 3 rings (SSSR count). The van der Waals surface area contributed by atoms with E-state index in [1.54, 1.807) is 0 Å². The van der Waals surface area contributed by atoms with Gasteiger partial charge in [-0.3, -0.25) is 0 Å². The van der Waals surface area contributed by atoms with Crippen molar-refractivity contribution in [2.75, 3.05) is 6.61 Å². The van der Waals surface area contributed by atoms with Crippen LogP contribution in [0.15, 0.2) is 38.0 Å². The van der Waals surface area contributed by atoms with Crippen molar-refractivity contribution >= 4 is 16.6 Å². The molecule has 0 aromatic rings. The Morgan fingerprint density at radius 2 is 1.69 bits per heavy atom. The lowest BCUT2D eigenvalue weighted by molar-refractivity contribution is -0.146. The number of rotatable bonds is 10. The third kappa shape index (κ3) is 4.45. The summed E-state index contributed by atoms with van der Waals surface area (Å²) in [5, 5.41) is 0. The van der Waals surface area contributed by atoms with Crippen LogP contribution >= 0.6 is 0 Å². The Bertz CT molecular complexity index is 632. The zero-order valence-corrected chi connectivity index (χ0v) is 21.2. The highest BCUT2D eigenvalue weighted by molar-refractivity contribution is 6.72. The molecule has 0 unspecified atom stereocenters. The molecule has 0 aromatic heterocycles. The van der Waals surface area contributed by atoms with E-state index in [-0.39, 0.29) is 11.2 Å². The van der Waals surface area contributed by atoms with Gasteiger partial charge >= 0.3 is 0 Å². The van der Waals surface area contributed by atoms with Crippen molar-refractivity contribution in [2.24, 2.45) is 11.8 Å². The lowest BCUT2D eigenvalue weighted by Crippen LogP contribution is -2.59.